The summed E-state index contributed by atoms with van der Waals surface area (Å²) in [6, 6.07) is 6.63. The van der Waals surface area contributed by atoms with Crippen LogP contribution in [0.1, 0.15) is 50.7 Å². The Morgan fingerprint density at radius 3 is 2.40 bits per heavy atom. The maximum atomic E-state index is 5.03. The third-order valence-corrected chi connectivity index (χ3v) is 5.73. The largest absolute Gasteiger partial charge is 0.335 e. The van der Waals surface area contributed by atoms with Crippen LogP contribution >= 0.6 is 11.8 Å². The zero-order valence-electron chi connectivity index (χ0n) is 12.5. The number of amidine groups is 1. The maximum absolute atomic E-state index is 5.03. The number of para-hydroxylation sites is 1. The van der Waals surface area contributed by atoms with Crippen LogP contribution < -0.4 is 5.32 Å². The lowest BCUT2D eigenvalue weighted by atomic mass is 10.0. The minimum Gasteiger partial charge on any atom is -0.335 e. The summed E-state index contributed by atoms with van der Waals surface area (Å²) in [7, 11) is 0. The number of hydrogen-bond acceptors (Lipinski definition) is 3. The molecule has 0 aromatic heterocycles. The zero-order valence-corrected chi connectivity index (χ0v) is 13.4. The average molecular weight is 288 g/mol. The molecule has 2 aliphatic rings. The second kappa shape index (κ2) is 5.80. The molecule has 0 unspecified atom stereocenters. The van der Waals surface area contributed by atoms with Crippen molar-refractivity contribution in [3.8, 4) is 0 Å². The van der Waals surface area contributed by atoms with Gasteiger partial charge in [0.15, 0.2) is 5.17 Å². The van der Waals surface area contributed by atoms with Gasteiger partial charge in [-0.25, -0.2) is 0 Å². The van der Waals surface area contributed by atoms with E-state index in [0.717, 1.165) is 18.0 Å². The monoisotopic (exact) mass is 288 g/mol. The number of nitrogens with one attached hydrogen (secondary N) is 1. The van der Waals surface area contributed by atoms with Crippen molar-refractivity contribution in [2.45, 2.75) is 57.9 Å². The molecule has 1 aromatic carbocycles. The van der Waals surface area contributed by atoms with Gasteiger partial charge in [0.1, 0.15) is 0 Å². The summed E-state index contributed by atoms with van der Waals surface area (Å²) in [5.74, 6) is 1.17. The molecule has 0 amide bonds. The van der Waals surface area contributed by atoms with Gasteiger partial charge in [0.2, 0.25) is 0 Å². The van der Waals surface area contributed by atoms with Crippen molar-refractivity contribution in [2.24, 2.45) is 4.99 Å². The topological polar surface area (TPSA) is 24.4 Å². The van der Waals surface area contributed by atoms with Crippen LogP contribution in [0.15, 0.2) is 23.2 Å². The molecule has 1 N–H and O–H groups in total. The highest BCUT2D eigenvalue weighted by Gasteiger charge is 2.38. The van der Waals surface area contributed by atoms with E-state index in [-0.39, 0.29) is 5.54 Å². The Hall–Kier alpha value is -0.960. The molecule has 1 aliphatic heterocycles. The fourth-order valence-electron chi connectivity index (χ4n) is 3.35. The molecule has 2 nitrogen and oxygen atoms in total. The number of nitrogens with zero attached hydrogens (tertiary/aromatic N) is 1. The number of hydrogen-bond donors (Lipinski definition) is 1. The highest BCUT2D eigenvalue weighted by atomic mass is 32.2. The van der Waals surface area contributed by atoms with E-state index in [1.54, 1.807) is 0 Å². The van der Waals surface area contributed by atoms with E-state index in [0.29, 0.717) is 0 Å². The molecule has 108 valence electrons. The first kappa shape index (κ1) is 14.0. The number of benzene rings is 1. The van der Waals surface area contributed by atoms with E-state index in [2.05, 4.69) is 37.4 Å². The minimum atomic E-state index is 0.264. The number of anilines is 1. The molecular weight excluding hydrogens is 264 g/mol. The SMILES string of the molecule is CCc1cccc(CC)c1NC1=NC2(CCCC2)CS1. The first-order chi connectivity index (χ1) is 9.76. The van der Waals surface area contributed by atoms with Crippen molar-refractivity contribution < 1.29 is 0 Å². The van der Waals surface area contributed by atoms with E-state index < -0.39 is 0 Å². The minimum absolute atomic E-state index is 0.264. The van der Waals surface area contributed by atoms with Gasteiger partial charge in [0, 0.05) is 11.4 Å². The summed E-state index contributed by atoms with van der Waals surface area (Å²) in [4.78, 5) is 5.03. The molecule has 1 aliphatic carbocycles. The van der Waals surface area contributed by atoms with Crippen molar-refractivity contribution in [2.75, 3.05) is 11.1 Å². The van der Waals surface area contributed by atoms with Crippen LogP contribution in [0, 0.1) is 0 Å². The van der Waals surface area contributed by atoms with Crippen molar-refractivity contribution in [3.63, 3.8) is 0 Å². The van der Waals surface area contributed by atoms with Gasteiger partial charge >= 0.3 is 0 Å². The number of aryl methyl sites for hydroxylation is 2. The van der Waals surface area contributed by atoms with Gasteiger partial charge in [-0.15, -0.1) is 0 Å². The van der Waals surface area contributed by atoms with Crippen LogP contribution in [0.5, 0.6) is 0 Å². The van der Waals surface area contributed by atoms with E-state index in [9.17, 15) is 0 Å². The summed E-state index contributed by atoms with van der Waals surface area (Å²) in [5, 5.41) is 4.79. The fourth-order valence-corrected chi connectivity index (χ4v) is 4.54. The second-order valence-corrected chi connectivity index (χ2v) is 6.88. The second-order valence-electron chi connectivity index (χ2n) is 5.92. The Labute approximate surface area is 126 Å². The zero-order chi connectivity index (χ0) is 14.0. The summed E-state index contributed by atoms with van der Waals surface area (Å²) < 4.78 is 0. The van der Waals surface area contributed by atoms with Gasteiger partial charge < -0.3 is 5.32 Å². The normalized spacial score (nSPS) is 20.4. The molecule has 0 bridgehead atoms. The Bertz CT molecular complexity index is 493. The third-order valence-electron chi connectivity index (χ3n) is 4.58. The summed E-state index contributed by atoms with van der Waals surface area (Å²) >= 11 is 1.91. The molecule has 1 aromatic rings. The molecule has 1 spiro atoms. The summed E-state index contributed by atoms with van der Waals surface area (Å²) in [6.45, 7) is 4.45. The summed E-state index contributed by atoms with van der Waals surface area (Å²) in [5.41, 5.74) is 4.37. The third kappa shape index (κ3) is 2.60. The highest BCUT2D eigenvalue weighted by molar-refractivity contribution is 8.14. The standard InChI is InChI=1S/C17H24N2S/c1-3-13-8-7-9-14(4-2)15(13)18-16-19-17(12-20-16)10-5-6-11-17/h7-9H,3-6,10-12H2,1-2H3,(H,18,19). The van der Waals surface area contributed by atoms with Gasteiger partial charge in [-0.05, 0) is 36.8 Å². The van der Waals surface area contributed by atoms with Gasteiger partial charge in [-0.3, -0.25) is 4.99 Å². The Morgan fingerprint density at radius 2 is 1.80 bits per heavy atom. The lowest BCUT2D eigenvalue weighted by molar-refractivity contribution is 0.508. The van der Waals surface area contributed by atoms with Crippen LogP contribution in [0.25, 0.3) is 0 Å². The van der Waals surface area contributed by atoms with Crippen LogP contribution in [0.3, 0.4) is 0 Å². The molecule has 1 saturated carbocycles. The molecular formula is C17H24N2S. The Morgan fingerprint density at radius 1 is 1.15 bits per heavy atom. The average Bonchev–Trinajstić information content (AvgIpc) is 3.10. The van der Waals surface area contributed by atoms with Crippen molar-refractivity contribution >= 4 is 22.6 Å². The fraction of sp³-hybridized carbons (Fsp3) is 0.588. The molecule has 20 heavy (non-hydrogen) atoms. The molecule has 3 rings (SSSR count). The molecule has 1 fully saturated rings. The van der Waals surface area contributed by atoms with E-state index in [1.165, 1.54) is 48.3 Å². The number of thioether (sulfide) groups is 1. The van der Waals surface area contributed by atoms with Gasteiger partial charge in [0.25, 0.3) is 0 Å². The molecule has 3 heteroatoms. The number of aliphatic imine (C=N–C) groups is 1. The van der Waals surface area contributed by atoms with Crippen molar-refractivity contribution in [1.29, 1.82) is 0 Å². The van der Waals surface area contributed by atoms with Crippen LogP contribution in [0.2, 0.25) is 0 Å². The molecule has 0 radical (unpaired) electrons. The first-order valence-electron chi connectivity index (χ1n) is 7.87. The van der Waals surface area contributed by atoms with Crippen molar-refractivity contribution in [3.05, 3.63) is 29.3 Å². The van der Waals surface area contributed by atoms with Crippen molar-refractivity contribution in [1.82, 2.24) is 0 Å². The quantitative estimate of drug-likeness (QED) is 0.876. The molecule has 0 saturated heterocycles. The van der Waals surface area contributed by atoms with E-state index >= 15 is 0 Å². The lowest BCUT2D eigenvalue weighted by Gasteiger charge is -2.17. The Kier molecular flexibility index (Phi) is 4.06. The van der Waals surface area contributed by atoms with Gasteiger partial charge in [-0.2, -0.15) is 0 Å². The molecule has 1 heterocycles. The first-order valence-corrected chi connectivity index (χ1v) is 8.85. The predicted octanol–water partition coefficient (Wildman–Crippen LogP) is 4.64. The van der Waals surface area contributed by atoms with Crippen LogP contribution in [0.4, 0.5) is 5.69 Å². The lowest BCUT2D eigenvalue weighted by Crippen LogP contribution is -2.21. The van der Waals surface area contributed by atoms with E-state index in [4.69, 9.17) is 4.99 Å². The summed E-state index contributed by atoms with van der Waals surface area (Å²) in [6.07, 6.45) is 7.40. The predicted molar refractivity (Wildman–Crippen MR) is 89.9 cm³/mol. The van der Waals surface area contributed by atoms with Crippen LogP contribution in [-0.4, -0.2) is 16.5 Å². The maximum Gasteiger partial charge on any atom is 0.161 e. The molecule has 0 atom stereocenters. The van der Waals surface area contributed by atoms with Gasteiger partial charge in [0.05, 0.1) is 5.54 Å². The number of rotatable bonds is 3. The van der Waals surface area contributed by atoms with Crippen LogP contribution in [-0.2, 0) is 12.8 Å². The highest BCUT2D eigenvalue weighted by Crippen LogP contribution is 2.41. The Balaban J connectivity index is 1.85. The van der Waals surface area contributed by atoms with Gasteiger partial charge in [-0.1, -0.05) is 56.7 Å². The smallest absolute Gasteiger partial charge is 0.161 e. The van der Waals surface area contributed by atoms with E-state index in [1.807, 2.05) is 11.8 Å².